The molecular weight excluding hydrogens is 378 g/mol. The van der Waals surface area contributed by atoms with E-state index in [0.717, 1.165) is 30.4 Å². The minimum absolute atomic E-state index is 0.157. The van der Waals surface area contributed by atoms with E-state index >= 15 is 0 Å². The fraction of sp³-hybridized carbons (Fsp3) is 0.263. The quantitative estimate of drug-likeness (QED) is 0.585. The highest BCUT2D eigenvalue weighted by Gasteiger charge is 2.14. The third-order valence-corrected chi connectivity index (χ3v) is 5.76. The number of carbonyl (C=O) groups is 1. The first-order chi connectivity index (χ1) is 13.2. The monoisotopic (exact) mass is 397 g/mol. The number of hydrogen-bond acceptors (Lipinski definition) is 6. The van der Waals surface area contributed by atoms with Crippen LogP contribution in [0.25, 0.3) is 0 Å². The van der Waals surface area contributed by atoms with Gasteiger partial charge in [-0.15, -0.1) is 21.5 Å². The largest absolute Gasteiger partial charge is 0.316 e. The number of rotatable bonds is 8. The Kier molecular flexibility index (Phi) is 6.63. The number of carbonyl (C=O) groups excluding carboxylic acids is 1. The number of aryl methyl sites for hydroxylation is 2. The highest BCUT2D eigenvalue weighted by Crippen LogP contribution is 2.23. The minimum atomic E-state index is -0.157. The molecule has 0 bridgehead atoms. The Hall–Kier alpha value is -2.63. The van der Waals surface area contributed by atoms with Gasteiger partial charge in [0.25, 0.3) is 0 Å². The van der Waals surface area contributed by atoms with Crippen molar-refractivity contribution in [1.82, 2.24) is 14.8 Å². The predicted molar refractivity (Wildman–Crippen MR) is 108 cm³/mol. The zero-order valence-electron chi connectivity index (χ0n) is 14.9. The molecule has 0 atom stereocenters. The number of thiophene rings is 1. The summed E-state index contributed by atoms with van der Waals surface area (Å²) in [5, 5.41) is 23.5. The third kappa shape index (κ3) is 4.96. The Labute approximate surface area is 166 Å². The lowest BCUT2D eigenvalue weighted by atomic mass is 10.1. The smallest absolute Gasteiger partial charge is 0.235 e. The zero-order chi connectivity index (χ0) is 19.1. The van der Waals surface area contributed by atoms with Crippen LogP contribution in [0.5, 0.6) is 0 Å². The standard InChI is InChI=1S/C19H19N5OS2/c1-2-24-16(9-8-14-6-4-3-5-7-14)22-23-19(24)27-13-17(25)21-18-15(12-20)10-11-26-18/h3-7,10-11H,2,8-9,13H2,1H3,(H,21,25). The van der Waals surface area contributed by atoms with E-state index in [1.807, 2.05) is 29.7 Å². The second-order valence-corrected chi connectivity index (χ2v) is 7.60. The SMILES string of the molecule is CCn1c(CCc2ccccc2)nnc1SCC(=O)Nc1sccc1C#N. The van der Waals surface area contributed by atoms with Gasteiger partial charge in [-0.05, 0) is 30.4 Å². The van der Waals surface area contributed by atoms with Crippen LogP contribution >= 0.6 is 23.1 Å². The fourth-order valence-electron chi connectivity index (χ4n) is 2.62. The molecular formula is C19H19N5OS2. The third-order valence-electron chi connectivity index (χ3n) is 3.96. The Morgan fingerprint density at radius 1 is 1.26 bits per heavy atom. The molecule has 138 valence electrons. The molecule has 0 saturated carbocycles. The molecule has 1 N–H and O–H groups in total. The first-order valence-electron chi connectivity index (χ1n) is 8.57. The van der Waals surface area contributed by atoms with Gasteiger partial charge in [0.1, 0.15) is 16.9 Å². The first-order valence-corrected chi connectivity index (χ1v) is 10.4. The predicted octanol–water partition coefficient (Wildman–Crippen LogP) is 3.75. The van der Waals surface area contributed by atoms with E-state index in [1.54, 1.807) is 11.4 Å². The highest BCUT2D eigenvalue weighted by atomic mass is 32.2. The molecule has 1 aromatic carbocycles. The molecule has 2 aromatic heterocycles. The van der Waals surface area contributed by atoms with Gasteiger partial charge in [-0.1, -0.05) is 42.1 Å². The molecule has 0 saturated heterocycles. The normalized spacial score (nSPS) is 10.5. The lowest BCUT2D eigenvalue weighted by Gasteiger charge is -2.07. The van der Waals surface area contributed by atoms with Gasteiger partial charge in [0, 0.05) is 13.0 Å². The second kappa shape index (κ2) is 9.35. The molecule has 27 heavy (non-hydrogen) atoms. The lowest BCUT2D eigenvalue weighted by molar-refractivity contribution is -0.113. The van der Waals surface area contributed by atoms with Crippen molar-refractivity contribution in [2.45, 2.75) is 31.5 Å². The van der Waals surface area contributed by atoms with Crippen molar-refractivity contribution >= 4 is 34.0 Å². The van der Waals surface area contributed by atoms with E-state index in [9.17, 15) is 4.79 Å². The van der Waals surface area contributed by atoms with Gasteiger partial charge in [-0.3, -0.25) is 4.79 Å². The van der Waals surface area contributed by atoms with Crippen molar-refractivity contribution in [3.8, 4) is 6.07 Å². The number of anilines is 1. The molecule has 3 aromatic rings. The van der Waals surface area contributed by atoms with Crippen LogP contribution in [0.2, 0.25) is 0 Å². The van der Waals surface area contributed by atoms with Crippen molar-refractivity contribution in [2.24, 2.45) is 0 Å². The molecule has 0 radical (unpaired) electrons. The number of nitrogens with one attached hydrogen (secondary N) is 1. The Morgan fingerprint density at radius 2 is 2.07 bits per heavy atom. The van der Waals surface area contributed by atoms with Crippen LogP contribution in [0.15, 0.2) is 46.9 Å². The van der Waals surface area contributed by atoms with E-state index in [-0.39, 0.29) is 11.7 Å². The van der Waals surface area contributed by atoms with E-state index < -0.39 is 0 Å². The summed E-state index contributed by atoms with van der Waals surface area (Å²) in [5.74, 6) is 0.990. The molecule has 0 unspecified atom stereocenters. The molecule has 0 aliphatic heterocycles. The van der Waals surface area contributed by atoms with E-state index in [0.29, 0.717) is 10.6 Å². The van der Waals surface area contributed by atoms with Crippen molar-refractivity contribution in [3.05, 3.63) is 58.7 Å². The van der Waals surface area contributed by atoms with E-state index in [1.165, 1.54) is 28.7 Å². The number of amides is 1. The molecule has 0 aliphatic rings. The van der Waals surface area contributed by atoms with Gasteiger partial charge in [-0.2, -0.15) is 5.26 Å². The molecule has 6 nitrogen and oxygen atoms in total. The van der Waals surface area contributed by atoms with Gasteiger partial charge in [0.05, 0.1) is 11.3 Å². The summed E-state index contributed by atoms with van der Waals surface area (Å²) < 4.78 is 2.05. The van der Waals surface area contributed by atoms with Crippen LogP contribution in [0, 0.1) is 11.3 Å². The number of benzene rings is 1. The molecule has 8 heteroatoms. The zero-order valence-corrected chi connectivity index (χ0v) is 16.5. The molecule has 3 rings (SSSR count). The molecule has 0 fully saturated rings. The van der Waals surface area contributed by atoms with Crippen LogP contribution in [0.1, 0.15) is 23.9 Å². The van der Waals surface area contributed by atoms with Crippen LogP contribution in [-0.2, 0) is 24.2 Å². The van der Waals surface area contributed by atoms with Crippen LogP contribution in [0.4, 0.5) is 5.00 Å². The van der Waals surface area contributed by atoms with Crippen molar-refractivity contribution in [3.63, 3.8) is 0 Å². The summed E-state index contributed by atoms with van der Waals surface area (Å²) in [6.45, 7) is 2.80. The Balaban J connectivity index is 1.58. The fourth-order valence-corrected chi connectivity index (χ4v) is 4.19. The average molecular weight is 398 g/mol. The number of nitrogens with zero attached hydrogens (tertiary/aromatic N) is 4. The second-order valence-electron chi connectivity index (χ2n) is 5.74. The topological polar surface area (TPSA) is 83.6 Å². The maximum atomic E-state index is 12.2. The van der Waals surface area contributed by atoms with Gasteiger partial charge in [-0.25, -0.2) is 0 Å². The van der Waals surface area contributed by atoms with Crippen molar-refractivity contribution in [1.29, 1.82) is 5.26 Å². The van der Waals surface area contributed by atoms with Gasteiger partial charge < -0.3 is 9.88 Å². The van der Waals surface area contributed by atoms with Gasteiger partial charge in [0.2, 0.25) is 5.91 Å². The summed E-state index contributed by atoms with van der Waals surface area (Å²) in [6, 6.07) is 14.0. The Morgan fingerprint density at radius 3 is 2.81 bits per heavy atom. The number of aromatic nitrogens is 3. The van der Waals surface area contributed by atoms with Crippen LogP contribution in [0.3, 0.4) is 0 Å². The summed E-state index contributed by atoms with van der Waals surface area (Å²) in [6.07, 6.45) is 1.71. The maximum Gasteiger partial charge on any atom is 0.235 e. The van der Waals surface area contributed by atoms with E-state index in [4.69, 9.17) is 5.26 Å². The first kappa shape index (κ1) is 19.1. The van der Waals surface area contributed by atoms with Crippen LogP contribution in [-0.4, -0.2) is 26.4 Å². The Bertz CT molecular complexity index is 943. The highest BCUT2D eigenvalue weighted by molar-refractivity contribution is 7.99. The molecule has 1 amide bonds. The number of thioether (sulfide) groups is 1. The summed E-state index contributed by atoms with van der Waals surface area (Å²) in [5.41, 5.74) is 1.75. The summed E-state index contributed by atoms with van der Waals surface area (Å²) in [4.78, 5) is 12.2. The molecule has 2 heterocycles. The molecule has 0 spiro atoms. The van der Waals surface area contributed by atoms with Crippen LogP contribution < -0.4 is 5.32 Å². The summed E-state index contributed by atoms with van der Waals surface area (Å²) >= 11 is 2.70. The van der Waals surface area contributed by atoms with E-state index in [2.05, 4.69) is 33.7 Å². The summed E-state index contributed by atoms with van der Waals surface area (Å²) in [7, 11) is 0. The molecule has 0 aliphatic carbocycles. The van der Waals surface area contributed by atoms with Gasteiger partial charge in [0.15, 0.2) is 5.16 Å². The average Bonchev–Trinajstić information content (AvgIpc) is 3.31. The maximum absolute atomic E-state index is 12.2. The van der Waals surface area contributed by atoms with Crippen molar-refractivity contribution in [2.75, 3.05) is 11.1 Å². The lowest BCUT2D eigenvalue weighted by Crippen LogP contribution is -2.14. The minimum Gasteiger partial charge on any atom is -0.316 e. The number of nitriles is 1. The van der Waals surface area contributed by atoms with Gasteiger partial charge >= 0.3 is 0 Å². The van der Waals surface area contributed by atoms with Crippen molar-refractivity contribution < 1.29 is 4.79 Å². The number of hydrogen-bond donors (Lipinski definition) is 1.